The number of nitrogen functional groups attached to an aromatic ring is 3. The lowest BCUT2D eigenvalue weighted by Gasteiger charge is -2.04. The van der Waals surface area contributed by atoms with E-state index in [1.807, 2.05) is 0 Å². The van der Waals surface area contributed by atoms with Crippen LogP contribution in [0.15, 0.2) is 23.1 Å². The largest absolute Gasteiger partial charge is 0.399 e. The predicted octanol–water partition coefficient (Wildman–Crippen LogP) is 1.05. The predicted molar refractivity (Wildman–Crippen MR) is 69.0 cm³/mol. The molecular formula is C10H11FN6S. The molecule has 0 aliphatic rings. The first-order valence-corrected chi connectivity index (χ1v) is 5.96. The molecule has 6 N–H and O–H groups in total. The second-order valence-electron chi connectivity index (χ2n) is 3.48. The molecule has 1 aromatic heterocycles. The van der Waals surface area contributed by atoms with Gasteiger partial charge in [-0.25, -0.2) is 4.39 Å². The quantitative estimate of drug-likeness (QED) is 0.561. The summed E-state index contributed by atoms with van der Waals surface area (Å²) in [5, 5.41) is 0. The molecule has 0 unspecified atom stereocenters. The average molecular weight is 266 g/mol. The minimum Gasteiger partial charge on any atom is -0.399 e. The van der Waals surface area contributed by atoms with Crippen LogP contribution in [0.1, 0.15) is 5.82 Å². The summed E-state index contributed by atoms with van der Waals surface area (Å²) in [6.45, 7) is 0. The Bertz CT molecular complexity index is 484. The number of nitrogens with zero attached hydrogens (tertiary/aromatic N) is 3. The molecule has 1 aromatic carbocycles. The lowest BCUT2D eigenvalue weighted by atomic mass is 10.3. The molecule has 2 rings (SSSR count). The van der Waals surface area contributed by atoms with E-state index in [1.54, 1.807) is 6.07 Å². The van der Waals surface area contributed by atoms with Crippen LogP contribution in [0, 0.1) is 5.82 Å². The summed E-state index contributed by atoms with van der Waals surface area (Å²) >= 11 is 1.34. The van der Waals surface area contributed by atoms with Crippen LogP contribution in [0.4, 0.5) is 22.0 Å². The fraction of sp³-hybridized carbons (Fsp3) is 0.100. The summed E-state index contributed by atoms with van der Waals surface area (Å²) in [7, 11) is 0. The normalized spacial score (nSPS) is 10.5. The maximum atomic E-state index is 13.1. The van der Waals surface area contributed by atoms with Gasteiger partial charge in [0.15, 0.2) is 0 Å². The number of hydrogen-bond donors (Lipinski definition) is 3. The van der Waals surface area contributed by atoms with Gasteiger partial charge >= 0.3 is 0 Å². The van der Waals surface area contributed by atoms with Crippen molar-refractivity contribution in [2.45, 2.75) is 10.6 Å². The molecule has 1 heterocycles. The van der Waals surface area contributed by atoms with Crippen molar-refractivity contribution in [2.75, 3.05) is 17.2 Å². The van der Waals surface area contributed by atoms with E-state index in [1.165, 1.54) is 23.9 Å². The number of halogens is 1. The van der Waals surface area contributed by atoms with Gasteiger partial charge in [-0.2, -0.15) is 15.0 Å². The van der Waals surface area contributed by atoms with Gasteiger partial charge in [-0.05, 0) is 18.2 Å². The Morgan fingerprint density at radius 2 is 1.67 bits per heavy atom. The van der Waals surface area contributed by atoms with E-state index >= 15 is 0 Å². The Balaban J connectivity index is 2.11. The third-order valence-corrected chi connectivity index (χ3v) is 2.95. The fourth-order valence-corrected chi connectivity index (χ4v) is 2.18. The van der Waals surface area contributed by atoms with Crippen molar-refractivity contribution in [1.82, 2.24) is 15.0 Å². The SMILES string of the molecule is Nc1cc(F)cc(SCc2nc(N)nc(N)n2)c1. The Morgan fingerprint density at radius 3 is 2.28 bits per heavy atom. The smallest absolute Gasteiger partial charge is 0.225 e. The van der Waals surface area contributed by atoms with Gasteiger partial charge in [0.2, 0.25) is 11.9 Å². The van der Waals surface area contributed by atoms with Crippen LogP contribution in [-0.2, 0) is 5.75 Å². The van der Waals surface area contributed by atoms with Crippen LogP contribution in [0.25, 0.3) is 0 Å². The second-order valence-corrected chi connectivity index (χ2v) is 4.53. The number of anilines is 3. The maximum Gasteiger partial charge on any atom is 0.225 e. The van der Waals surface area contributed by atoms with Crippen molar-refractivity contribution < 1.29 is 4.39 Å². The highest BCUT2D eigenvalue weighted by molar-refractivity contribution is 7.98. The van der Waals surface area contributed by atoms with E-state index in [0.717, 1.165) is 0 Å². The fourth-order valence-electron chi connectivity index (χ4n) is 1.34. The lowest BCUT2D eigenvalue weighted by Crippen LogP contribution is -2.05. The summed E-state index contributed by atoms with van der Waals surface area (Å²) in [6.07, 6.45) is 0. The minimum absolute atomic E-state index is 0.0665. The first-order chi connectivity index (χ1) is 8.52. The van der Waals surface area contributed by atoms with Gasteiger partial charge in [0.05, 0.1) is 5.75 Å². The van der Waals surface area contributed by atoms with E-state index in [4.69, 9.17) is 17.2 Å². The van der Waals surface area contributed by atoms with E-state index in [9.17, 15) is 4.39 Å². The first kappa shape index (κ1) is 12.4. The maximum absolute atomic E-state index is 13.1. The average Bonchev–Trinajstić information content (AvgIpc) is 2.23. The van der Waals surface area contributed by atoms with Gasteiger partial charge in [-0.1, -0.05) is 0 Å². The molecule has 0 spiro atoms. The summed E-state index contributed by atoms with van der Waals surface area (Å²) in [5.41, 5.74) is 16.8. The number of hydrogen-bond acceptors (Lipinski definition) is 7. The molecule has 0 fully saturated rings. The van der Waals surface area contributed by atoms with Crippen LogP contribution in [0.2, 0.25) is 0 Å². The Labute approximate surface area is 107 Å². The van der Waals surface area contributed by atoms with Crippen LogP contribution in [-0.4, -0.2) is 15.0 Å². The van der Waals surface area contributed by atoms with Gasteiger partial charge < -0.3 is 17.2 Å². The third-order valence-electron chi connectivity index (χ3n) is 1.98. The molecule has 2 aromatic rings. The first-order valence-electron chi connectivity index (χ1n) is 4.98. The van der Waals surface area contributed by atoms with Crippen LogP contribution in [0.3, 0.4) is 0 Å². The molecule has 0 saturated heterocycles. The third kappa shape index (κ3) is 3.20. The summed E-state index contributed by atoms with van der Waals surface area (Å²) < 4.78 is 13.1. The molecule has 18 heavy (non-hydrogen) atoms. The molecule has 0 atom stereocenters. The molecule has 0 saturated carbocycles. The molecule has 0 amide bonds. The zero-order valence-corrected chi connectivity index (χ0v) is 10.1. The zero-order valence-electron chi connectivity index (χ0n) is 9.30. The minimum atomic E-state index is -0.382. The van der Waals surface area contributed by atoms with Crippen molar-refractivity contribution in [1.29, 1.82) is 0 Å². The molecule has 0 bridgehead atoms. The van der Waals surface area contributed by atoms with E-state index < -0.39 is 0 Å². The molecule has 6 nitrogen and oxygen atoms in total. The number of rotatable bonds is 3. The zero-order chi connectivity index (χ0) is 13.1. The van der Waals surface area contributed by atoms with E-state index in [0.29, 0.717) is 22.2 Å². The highest BCUT2D eigenvalue weighted by atomic mass is 32.2. The number of benzene rings is 1. The van der Waals surface area contributed by atoms with Crippen molar-refractivity contribution in [3.8, 4) is 0 Å². The Kier molecular flexibility index (Phi) is 3.47. The Morgan fingerprint density at radius 1 is 1.00 bits per heavy atom. The van der Waals surface area contributed by atoms with Crippen LogP contribution in [0.5, 0.6) is 0 Å². The molecule has 0 radical (unpaired) electrons. The van der Waals surface area contributed by atoms with Gasteiger partial charge in [0.25, 0.3) is 0 Å². The summed E-state index contributed by atoms with van der Waals surface area (Å²) in [5.74, 6) is 0.591. The van der Waals surface area contributed by atoms with Crippen LogP contribution >= 0.6 is 11.8 Å². The van der Waals surface area contributed by atoms with E-state index in [-0.39, 0.29) is 17.7 Å². The topological polar surface area (TPSA) is 117 Å². The van der Waals surface area contributed by atoms with Crippen molar-refractivity contribution >= 4 is 29.3 Å². The van der Waals surface area contributed by atoms with Crippen molar-refractivity contribution in [2.24, 2.45) is 0 Å². The Hall–Kier alpha value is -2.09. The van der Waals surface area contributed by atoms with Crippen molar-refractivity contribution in [3.05, 3.63) is 29.8 Å². The van der Waals surface area contributed by atoms with Gasteiger partial charge in [-0.3, -0.25) is 0 Å². The lowest BCUT2D eigenvalue weighted by molar-refractivity contribution is 0.625. The molecular weight excluding hydrogens is 255 g/mol. The van der Waals surface area contributed by atoms with E-state index in [2.05, 4.69) is 15.0 Å². The van der Waals surface area contributed by atoms with Crippen LogP contribution < -0.4 is 17.2 Å². The van der Waals surface area contributed by atoms with Gasteiger partial charge in [-0.15, -0.1) is 11.8 Å². The van der Waals surface area contributed by atoms with Gasteiger partial charge in [0.1, 0.15) is 11.6 Å². The van der Waals surface area contributed by atoms with Crippen molar-refractivity contribution in [3.63, 3.8) is 0 Å². The molecule has 94 valence electrons. The second kappa shape index (κ2) is 5.05. The number of nitrogens with two attached hydrogens (primary N) is 3. The number of thioether (sulfide) groups is 1. The van der Waals surface area contributed by atoms with Gasteiger partial charge in [0, 0.05) is 10.6 Å². The molecule has 8 heteroatoms. The molecule has 0 aliphatic heterocycles. The monoisotopic (exact) mass is 266 g/mol. The highest BCUT2D eigenvalue weighted by Gasteiger charge is 2.04. The highest BCUT2D eigenvalue weighted by Crippen LogP contribution is 2.24. The number of aromatic nitrogens is 3. The summed E-state index contributed by atoms with van der Waals surface area (Å²) in [4.78, 5) is 12.2. The summed E-state index contributed by atoms with van der Waals surface area (Å²) in [6, 6.07) is 4.31. The molecule has 0 aliphatic carbocycles. The standard InChI is InChI=1S/C10H11FN6S/c11-5-1-6(12)3-7(2-5)18-4-8-15-9(13)17-10(14)16-8/h1-3H,4,12H2,(H4,13,14,15,16,17).